The van der Waals surface area contributed by atoms with Gasteiger partial charge in [0.25, 0.3) is 0 Å². The maximum atomic E-state index is 13.1. The first-order valence-corrected chi connectivity index (χ1v) is 10.2. The van der Waals surface area contributed by atoms with E-state index in [0.717, 1.165) is 44.1 Å². The van der Waals surface area contributed by atoms with E-state index in [1.165, 1.54) is 17.7 Å². The quantitative estimate of drug-likeness (QED) is 0.767. The Morgan fingerprint density at radius 1 is 1.00 bits per heavy atom. The van der Waals surface area contributed by atoms with Crippen molar-refractivity contribution in [3.63, 3.8) is 0 Å². The minimum atomic E-state index is -0.167. The van der Waals surface area contributed by atoms with Crippen LogP contribution in [0, 0.1) is 5.82 Å². The molecule has 2 aliphatic rings. The molecule has 3 nitrogen and oxygen atoms in total. The Morgan fingerprint density at radius 3 is 2.58 bits per heavy atom. The van der Waals surface area contributed by atoms with E-state index < -0.39 is 0 Å². The van der Waals surface area contributed by atoms with E-state index in [2.05, 4.69) is 39.2 Å². The van der Waals surface area contributed by atoms with Crippen molar-refractivity contribution >= 4 is 29.4 Å². The highest BCUT2D eigenvalue weighted by atomic mass is 32.2. The zero-order chi connectivity index (χ0) is 17.8. The van der Waals surface area contributed by atoms with Crippen molar-refractivity contribution in [3.8, 4) is 0 Å². The molecular weight excluding hydrogens is 345 g/mol. The van der Waals surface area contributed by atoms with Crippen molar-refractivity contribution in [2.45, 2.75) is 23.0 Å². The third kappa shape index (κ3) is 4.27. The third-order valence-electron chi connectivity index (χ3n) is 5.05. The molecule has 0 aromatic heterocycles. The lowest BCUT2D eigenvalue weighted by Gasteiger charge is -2.36. The number of hydrogen-bond donors (Lipinski definition) is 0. The normalized spacial score (nSPS) is 20.2. The van der Waals surface area contributed by atoms with E-state index in [4.69, 9.17) is 0 Å². The second-order valence-corrected chi connectivity index (χ2v) is 8.13. The number of halogens is 1. The second-order valence-electron chi connectivity index (χ2n) is 6.85. The summed E-state index contributed by atoms with van der Waals surface area (Å²) in [6.45, 7) is 5.32. The zero-order valence-electron chi connectivity index (χ0n) is 14.9. The van der Waals surface area contributed by atoms with Crippen molar-refractivity contribution in [2.75, 3.05) is 37.6 Å². The predicted molar refractivity (Wildman–Crippen MR) is 109 cm³/mol. The molecule has 2 aliphatic heterocycles. The first kappa shape index (κ1) is 17.6. The van der Waals surface area contributed by atoms with Gasteiger partial charge in [-0.1, -0.05) is 12.1 Å². The average Bonchev–Trinajstić information content (AvgIpc) is 2.69. The minimum absolute atomic E-state index is 0.167. The van der Waals surface area contributed by atoms with E-state index in [9.17, 15) is 4.39 Å². The molecule has 1 atom stereocenters. The molecule has 2 heterocycles. The number of rotatable bonds is 5. The van der Waals surface area contributed by atoms with Crippen molar-refractivity contribution in [3.05, 3.63) is 54.3 Å². The minimum Gasteiger partial charge on any atom is -0.369 e. The molecule has 5 heteroatoms. The third-order valence-corrected chi connectivity index (χ3v) is 6.31. The smallest absolute Gasteiger partial charge is 0.123 e. The maximum absolute atomic E-state index is 13.1. The Kier molecular flexibility index (Phi) is 5.56. The van der Waals surface area contributed by atoms with E-state index in [1.807, 2.05) is 30.0 Å². The van der Waals surface area contributed by atoms with Gasteiger partial charge in [-0.15, -0.1) is 11.8 Å². The number of nitrogens with zero attached hydrogens (tertiary/aromatic N) is 3. The maximum Gasteiger partial charge on any atom is 0.123 e. The number of fused-ring (bicyclic) bond motifs is 1. The lowest BCUT2D eigenvalue weighted by atomic mass is 10.2. The largest absolute Gasteiger partial charge is 0.369 e. The highest BCUT2D eigenvalue weighted by molar-refractivity contribution is 8.00. The first-order chi connectivity index (χ1) is 12.8. The highest BCUT2D eigenvalue weighted by Crippen LogP contribution is 2.36. The number of thioether (sulfide) groups is 1. The van der Waals surface area contributed by atoms with Crippen LogP contribution in [0.4, 0.5) is 15.8 Å². The summed E-state index contributed by atoms with van der Waals surface area (Å²) in [5.41, 5.74) is 2.23. The van der Waals surface area contributed by atoms with Crippen LogP contribution in [0.15, 0.2) is 58.4 Å². The molecule has 1 saturated heterocycles. The topological polar surface area (TPSA) is 18.8 Å². The first-order valence-electron chi connectivity index (χ1n) is 9.31. The Balaban J connectivity index is 1.19. The fourth-order valence-corrected chi connectivity index (χ4v) is 4.68. The number of anilines is 1. The SMILES string of the molecule is Fc1ccc(N2CCN(CCCC3C=Nc4ccccc4S3)CC2)cc1. The van der Waals surface area contributed by atoms with Crippen molar-refractivity contribution in [1.29, 1.82) is 0 Å². The number of hydrogen-bond acceptors (Lipinski definition) is 4. The summed E-state index contributed by atoms with van der Waals surface area (Å²) in [6, 6.07) is 15.2. The summed E-state index contributed by atoms with van der Waals surface area (Å²) in [7, 11) is 0. The van der Waals surface area contributed by atoms with E-state index in [-0.39, 0.29) is 5.82 Å². The molecular formula is C21H24FN3S. The lowest BCUT2D eigenvalue weighted by Crippen LogP contribution is -2.46. The molecule has 2 aromatic carbocycles. The van der Waals surface area contributed by atoms with E-state index in [0.29, 0.717) is 5.25 Å². The van der Waals surface area contributed by atoms with Crippen LogP contribution in [0.1, 0.15) is 12.8 Å². The van der Waals surface area contributed by atoms with Crippen LogP contribution in [0.5, 0.6) is 0 Å². The average molecular weight is 370 g/mol. The summed E-state index contributed by atoms with van der Waals surface area (Å²) in [4.78, 5) is 10.8. The molecule has 0 amide bonds. The van der Waals surface area contributed by atoms with Gasteiger partial charge in [-0.3, -0.25) is 9.89 Å². The van der Waals surface area contributed by atoms with Crippen LogP contribution in [0.3, 0.4) is 0 Å². The van der Waals surface area contributed by atoms with Crippen molar-refractivity contribution in [1.82, 2.24) is 4.90 Å². The Bertz CT molecular complexity index is 754. The molecule has 2 aromatic rings. The van der Waals surface area contributed by atoms with Crippen LogP contribution in [0.25, 0.3) is 0 Å². The molecule has 1 unspecified atom stereocenters. The second kappa shape index (κ2) is 8.23. The highest BCUT2D eigenvalue weighted by Gasteiger charge is 2.19. The standard InChI is InChI=1S/C21H24FN3S/c22-17-7-9-18(10-8-17)25-14-12-24(13-15-25)11-3-4-19-16-23-20-5-1-2-6-21(20)26-19/h1-2,5-10,16,19H,3-4,11-15H2. The monoisotopic (exact) mass is 369 g/mol. The molecule has 4 rings (SSSR count). The Labute approximate surface area is 158 Å². The van der Waals surface area contributed by atoms with Gasteiger partial charge in [-0.2, -0.15) is 0 Å². The molecule has 0 saturated carbocycles. The predicted octanol–water partition coefficient (Wildman–Crippen LogP) is 4.60. The van der Waals surface area contributed by atoms with Crippen LogP contribution in [-0.4, -0.2) is 49.1 Å². The van der Waals surface area contributed by atoms with Gasteiger partial charge in [0.15, 0.2) is 0 Å². The van der Waals surface area contributed by atoms with Gasteiger partial charge in [-0.25, -0.2) is 4.39 Å². The van der Waals surface area contributed by atoms with Gasteiger partial charge in [0.05, 0.1) is 5.69 Å². The number of benzene rings is 2. The van der Waals surface area contributed by atoms with Crippen molar-refractivity contribution < 1.29 is 4.39 Å². The molecule has 0 spiro atoms. The van der Waals surface area contributed by atoms with Crippen LogP contribution in [0.2, 0.25) is 0 Å². The van der Waals surface area contributed by atoms with E-state index >= 15 is 0 Å². The van der Waals surface area contributed by atoms with Gasteiger partial charge in [0.1, 0.15) is 5.82 Å². The summed E-state index contributed by atoms with van der Waals surface area (Å²) in [6.07, 6.45) is 4.47. The Morgan fingerprint density at radius 2 is 1.77 bits per heavy atom. The number of piperazine rings is 1. The van der Waals surface area contributed by atoms with Crippen molar-refractivity contribution in [2.24, 2.45) is 4.99 Å². The molecule has 0 N–H and O–H groups in total. The number of para-hydroxylation sites is 1. The summed E-state index contributed by atoms with van der Waals surface area (Å²) in [5, 5.41) is 0.491. The number of aliphatic imine (C=N–C) groups is 1. The van der Waals surface area contributed by atoms with Gasteiger partial charge in [0.2, 0.25) is 0 Å². The molecule has 1 fully saturated rings. The summed E-state index contributed by atoms with van der Waals surface area (Å²) >= 11 is 1.94. The summed E-state index contributed by atoms with van der Waals surface area (Å²) in [5.74, 6) is -0.167. The molecule has 26 heavy (non-hydrogen) atoms. The van der Waals surface area contributed by atoms with Crippen LogP contribution >= 0.6 is 11.8 Å². The molecule has 0 aliphatic carbocycles. The van der Waals surface area contributed by atoms with E-state index in [1.54, 1.807) is 12.1 Å². The van der Waals surface area contributed by atoms with Gasteiger partial charge in [-0.05, 0) is 55.8 Å². The lowest BCUT2D eigenvalue weighted by molar-refractivity contribution is 0.254. The molecule has 0 radical (unpaired) electrons. The molecule has 0 bridgehead atoms. The zero-order valence-corrected chi connectivity index (χ0v) is 15.7. The summed E-state index contributed by atoms with van der Waals surface area (Å²) < 4.78 is 13.1. The fourth-order valence-electron chi connectivity index (χ4n) is 3.55. The Hall–Kier alpha value is -1.85. The fraction of sp³-hybridized carbons (Fsp3) is 0.381. The van der Waals surface area contributed by atoms with Crippen LogP contribution < -0.4 is 4.90 Å². The van der Waals surface area contributed by atoms with Gasteiger partial charge < -0.3 is 4.90 Å². The van der Waals surface area contributed by atoms with Crippen LogP contribution in [-0.2, 0) is 0 Å². The van der Waals surface area contributed by atoms with Gasteiger partial charge in [0, 0.05) is 48.2 Å². The van der Waals surface area contributed by atoms with Gasteiger partial charge >= 0.3 is 0 Å². The molecule has 136 valence electrons.